The van der Waals surface area contributed by atoms with Gasteiger partial charge in [0.05, 0.1) is 6.61 Å². The molecule has 0 aromatic heterocycles. The zero-order chi connectivity index (χ0) is 15.5. The van der Waals surface area contributed by atoms with E-state index < -0.39 is 20.7 Å². The van der Waals surface area contributed by atoms with Gasteiger partial charge in [0.15, 0.2) is 0 Å². The van der Waals surface area contributed by atoms with Gasteiger partial charge in [-0.25, -0.2) is 12.8 Å². The molecule has 0 amide bonds. The monoisotopic (exact) mass is 309 g/mol. The molecule has 0 heterocycles. The van der Waals surface area contributed by atoms with Gasteiger partial charge in [-0.05, 0) is 23.3 Å². The van der Waals surface area contributed by atoms with Crippen LogP contribution >= 0.6 is 0 Å². The summed E-state index contributed by atoms with van der Waals surface area (Å²) in [5, 5.41) is 9.06. The number of hydrogen-bond donors (Lipinski definition) is 1. The van der Waals surface area contributed by atoms with Gasteiger partial charge in [-0.1, -0.05) is 36.4 Å². The normalized spacial score (nSPS) is 11.8. The highest BCUT2D eigenvalue weighted by Gasteiger charge is 2.24. The topological polar surface area (TPSA) is 57.6 Å². The largest absolute Gasteiger partial charge is 0.392 e. The molecule has 2 aromatic rings. The quantitative estimate of drug-likeness (QED) is 0.920. The van der Waals surface area contributed by atoms with Gasteiger partial charge in [0.2, 0.25) is 10.0 Å². The highest BCUT2D eigenvalue weighted by atomic mass is 32.2. The van der Waals surface area contributed by atoms with E-state index in [1.807, 2.05) is 18.2 Å². The van der Waals surface area contributed by atoms with Crippen molar-refractivity contribution in [1.29, 1.82) is 0 Å². The summed E-state index contributed by atoms with van der Waals surface area (Å²) in [6, 6.07) is 12.6. The molecule has 0 spiro atoms. The molecule has 21 heavy (non-hydrogen) atoms. The van der Waals surface area contributed by atoms with Crippen molar-refractivity contribution in [2.24, 2.45) is 0 Å². The van der Waals surface area contributed by atoms with Crippen molar-refractivity contribution in [2.75, 3.05) is 7.05 Å². The van der Waals surface area contributed by atoms with Gasteiger partial charge in [-0.15, -0.1) is 0 Å². The van der Waals surface area contributed by atoms with Gasteiger partial charge in [-0.3, -0.25) is 0 Å². The van der Waals surface area contributed by atoms with Gasteiger partial charge in [-0.2, -0.15) is 4.31 Å². The fourth-order valence-corrected chi connectivity index (χ4v) is 3.21. The summed E-state index contributed by atoms with van der Waals surface area (Å²) >= 11 is 0. The molecule has 2 aromatic carbocycles. The van der Waals surface area contributed by atoms with Crippen LogP contribution in [0.4, 0.5) is 4.39 Å². The van der Waals surface area contributed by atoms with Crippen LogP contribution in [0.3, 0.4) is 0 Å². The predicted octanol–water partition coefficient (Wildman–Crippen LogP) is 2.14. The molecule has 6 heteroatoms. The van der Waals surface area contributed by atoms with Crippen LogP contribution in [0.25, 0.3) is 0 Å². The van der Waals surface area contributed by atoms with Crippen LogP contribution < -0.4 is 0 Å². The summed E-state index contributed by atoms with van der Waals surface area (Å²) in [6.45, 7) is -0.197. The molecule has 0 radical (unpaired) electrons. The maximum atomic E-state index is 13.8. The maximum Gasteiger partial charge on any atom is 0.246 e. The van der Waals surface area contributed by atoms with Crippen LogP contribution in [0, 0.1) is 5.82 Å². The van der Waals surface area contributed by atoms with Crippen LogP contribution in [0.2, 0.25) is 0 Å². The number of sulfonamides is 1. The van der Waals surface area contributed by atoms with Gasteiger partial charge >= 0.3 is 0 Å². The lowest BCUT2D eigenvalue weighted by Gasteiger charge is -2.18. The zero-order valence-electron chi connectivity index (χ0n) is 11.5. The second-order valence-corrected chi connectivity index (χ2v) is 6.68. The van der Waals surface area contributed by atoms with Crippen LogP contribution in [0.5, 0.6) is 0 Å². The Morgan fingerprint density at radius 1 is 1.10 bits per heavy atom. The third-order valence-corrected chi connectivity index (χ3v) is 4.93. The number of benzene rings is 2. The van der Waals surface area contributed by atoms with Crippen molar-refractivity contribution >= 4 is 10.0 Å². The van der Waals surface area contributed by atoms with E-state index in [4.69, 9.17) is 5.11 Å². The molecule has 0 saturated heterocycles. The Bertz CT molecular complexity index is 717. The SMILES string of the molecule is CN(Cc1ccccc1)S(=O)(=O)c1cc(CO)ccc1F. The third-order valence-electron chi connectivity index (χ3n) is 3.11. The highest BCUT2D eigenvalue weighted by Crippen LogP contribution is 2.21. The number of halogens is 1. The molecule has 0 saturated carbocycles. The molecule has 1 N–H and O–H groups in total. The molecule has 0 fully saturated rings. The molecule has 0 aliphatic rings. The van der Waals surface area contributed by atoms with Crippen LogP contribution in [0.15, 0.2) is 53.4 Å². The van der Waals surface area contributed by atoms with E-state index in [0.29, 0.717) is 5.56 Å². The van der Waals surface area contributed by atoms with Crippen molar-refractivity contribution in [1.82, 2.24) is 4.31 Å². The standard InChI is InChI=1S/C15H16FNO3S/c1-17(10-12-5-3-2-4-6-12)21(19,20)15-9-13(11-18)7-8-14(15)16/h2-9,18H,10-11H2,1H3. The minimum absolute atomic E-state index is 0.145. The highest BCUT2D eigenvalue weighted by molar-refractivity contribution is 7.89. The fraction of sp³-hybridized carbons (Fsp3) is 0.200. The minimum atomic E-state index is -3.95. The van der Waals surface area contributed by atoms with E-state index in [1.165, 1.54) is 13.1 Å². The first-order valence-corrected chi connectivity index (χ1v) is 7.78. The Morgan fingerprint density at radius 2 is 1.76 bits per heavy atom. The molecule has 0 unspecified atom stereocenters. The van der Waals surface area contributed by atoms with Crippen molar-refractivity contribution in [3.05, 3.63) is 65.5 Å². The van der Waals surface area contributed by atoms with Crippen LogP contribution in [-0.4, -0.2) is 24.9 Å². The van der Waals surface area contributed by atoms with Crippen molar-refractivity contribution in [2.45, 2.75) is 18.0 Å². The zero-order valence-corrected chi connectivity index (χ0v) is 12.3. The van der Waals surface area contributed by atoms with Crippen molar-refractivity contribution in [3.63, 3.8) is 0 Å². The van der Waals surface area contributed by atoms with E-state index in [2.05, 4.69) is 0 Å². The van der Waals surface area contributed by atoms with E-state index in [-0.39, 0.29) is 13.2 Å². The number of aliphatic hydroxyl groups is 1. The van der Waals surface area contributed by atoms with Gasteiger partial charge in [0.25, 0.3) is 0 Å². The van der Waals surface area contributed by atoms with E-state index in [0.717, 1.165) is 22.0 Å². The number of aliphatic hydroxyl groups excluding tert-OH is 1. The Morgan fingerprint density at radius 3 is 2.38 bits per heavy atom. The molecule has 4 nitrogen and oxygen atoms in total. The first-order chi connectivity index (χ1) is 9.95. The van der Waals surface area contributed by atoms with Crippen molar-refractivity contribution in [3.8, 4) is 0 Å². The molecular formula is C15H16FNO3S. The molecule has 2 rings (SSSR count). The summed E-state index contributed by atoms with van der Waals surface area (Å²) in [4.78, 5) is -0.424. The van der Waals surface area contributed by atoms with Crippen LogP contribution in [-0.2, 0) is 23.2 Å². The van der Waals surface area contributed by atoms with E-state index >= 15 is 0 Å². The van der Waals surface area contributed by atoms with Crippen LogP contribution in [0.1, 0.15) is 11.1 Å². The Hall–Kier alpha value is -1.76. The Kier molecular flexibility index (Phi) is 4.72. The second-order valence-electron chi connectivity index (χ2n) is 4.67. The summed E-state index contributed by atoms with van der Waals surface area (Å²) in [6.07, 6.45) is 0. The number of hydrogen-bond acceptors (Lipinski definition) is 3. The molecule has 112 valence electrons. The molecule has 0 aliphatic carbocycles. The minimum Gasteiger partial charge on any atom is -0.392 e. The average molecular weight is 309 g/mol. The predicted molar refractivity (Wildman–Crippen MR) is 77.4 cm³/mol. The van der Waals surface area contributed by atoms with Gasteiger partial charge in [0, 0.05) is 13.6 Å². The average Bonchev–Trinajstić information content (AvgIpc) is 2.48. The molecule has 0 aliphatic heterocycles. The Balaban J connectivity index is 2.33. The number of nitrogens with zero attached hydrogens (tertiary/aromatic N) is 1. The lowest BCUT2D eigenvalue weighted by Crippen LogP contribution is -2.27. The lowest BCUT2D eigenvalue weighted by atomic mass is 10.2. The van der Waals surface area contributed by atoms with Crippen molar-refractivity contribution < 1.29 is 17.9 Å². The molecule has 0 bridgehead atoms. The smallest absolute Gasteiger partial charge is 0.246 e. The van der Waals surface area contributed by atoms with Gasteiger partial charge in [0.1, 0.15) is 10.7 Å². The maximum absolute atomic E-state index is 13.8. The van der Waals surface area contributed by atoms with E-state index in [9.17, 15) is 12.8 Å². The fourth-order valence-electron chi connectivity index (χ4n) is 1.94. The second kappa shape index (κ2) is 6.34. The summed E-state index contributed by atoms with van der Waals surface area (Å²) in [5.74, 6) is -0.827. The summed E-state index contributed by atoms with van der Waals surface area (Å²) in [5.41, 5.74) is 1.16. The van der Waals surface area contributed by atoms with Gasteiger partial charge < -0.3 is 5.11 Å². The number of rotatable bonds is 5. The first-order valence-electron chi connectivity index (χ1n) is 6.34. The summed E-state index contributed by atoms with van der Waals surface area (Å²) in [7, 11) is -2.56. The lowest BCUT2D eigenvalue weighted by molar-refractivity contribution is 0.281. The first kappa shape index (κ1) is 15.6. The third kappa shape index (κ3) is 3.47. The Labute approximate surface area is 123 Å². The molecular weight excluding hydrogens is 293 g/mol. The summed E-state index contributed by atoms with van der Waals surface area (Å²) < 4.78 is 39.8. The molecule has 0 atom stereocenters. The van der Waals surface area contributed by atoms with E-state index in [1.54, 1.807) is 12.1 Å².